The van der Waals surface area contributed by atoms with Crippen LogP contribution >= 0.6 is 11.3 Å². The van der Waals surface area contributed by atoms with Crippen LogP contribution in [0.3, 0.4) is 0 Å². The van der Waals surface area contributed by atoms with Crippen molar-refractivity contribution in [3.05, 3.63) is 42.1 Å². The maximum Gasteiger partial charge on any atom is 0.124 e. The van der Waals surface area contributed by atoms with E-state index in [2.05, 4.69) is 43.1 Å². The van der Waals surface area contributed by atoms with Gasteiger partial charge in [-0.1, -0.05) is 26.0 Å². The van der Waals surface area contributed by atoms with Crippen molar-refractivity contribution in [1.29, 1.82) is 0 Å². The molecule has 0 aliphatic rings. The first-order valence-electron chi connectivity index (χ1n) is 5.53. The van der Waals surface area contributed by atoms with Crippen LogP contribution in [-0.2, 0) is 0 Å². The second kappa shape index (κ2) is 3.56. The summed E-state index contributed by atoms with van der Waals surface area (Å²) in [5.74, 6) is 0.557. The summed E-state index contributed by atoms with van der Waals surface area (Å²) < 4.78 is 1.35. The van der Waals surface area contributed by atoms with Crippen molar-refractivity contribution in [2.45, 2.75) is 19.8 Å². The molecule has 0 saturated heterocycles. The monoisotopic (exact) mass is 227 g/mol. The molecule has 0 saturated carbocycles. The molecule has 0 amide bonds. The zero-order chi connectivity index (χ0) is 11.1. The summed E-state index contributed by atoms with van der Waals surface area (Å²) in [5, 5.41) is 2.69. The molecule has 2 heterocycles. The Bertz CT molecular complexity index is 652. The lowest BCUT2D eigenvalue weighted by Crippen LogP contribution is -1.87. The highest BCUT2D eigenvalue weighted by Gasteiger charge is 2.11. The Balaban J connectivity index is 2.53. The highest BCUT2D eigenvalue weighted by atomic mass is 32.1. The van der Waals surface area contributed by atoms with Crippen molar-refractivity contribution in [3.8, 4) is 0 Å². The molecule has 0 aliphatic carbocycles. The maximum absolute atomic E-state index is 4.44. The SMILES string of the molecule is CC(C)c1cccc2sc3ncccc3c12. The zero-order valence-corrected chi connectivity index (χ0v) is 10.2. The lowest BCUT2D eigenvalue weighted by atomic mass is 9.98. The summed E-state index contributed by atoms with van der Waals surface area (Å²) in [5.41, 5.74) is 1.43. The summed E-state index contributed by atoms with van der Waals surface area (Å²) in [6.07, 6.45) is 1.87. The number of rotatable bonds is 1. The molecule has 80 valence electrons. The first kappa shape index (κ1) is 9.79. The Morgan fingerprint density at radius 2 is 2.00 bits per heavy atom. The number of thiophene rings is 1. The fourth-order valence-corrected chi connectivity index (χ4v) is 3.25. The Morgan fingerprint density at radius 1 is 1.12 bits per heavy atom. The van der Waals surface area contributed by atoms with E-state index in [-0.39, 0.29) is 0 Å². The Hall–Kier alpha value is -1.41. The van der Waals surface area contributed by atoms with Gasteiger partial charge in [-0.3, -0.25) is 0 Å². The van der Waals surface area contributed by atoms with Crippen LogP contribution < -0.4 is 0 Å². The van der Waals surface area contributed by atoms with Gasteiger partial charge in [0.1, 0.15) is 4.83 Å². The van der Waals surface area contributed by atoms with E-state index in [9.17, 15) is 0 Å². The molecule has 0 atom stereocenters. The van der Waals surface area contributed by atoms with Gasteiger partial charge >= 0.3 is 0 Å². The van der Waals surface area contributed by atoms with Crippen molar-refractivity contribution >= 4 is 31.6 Å². The van der Waals surface area contributed by atoms with Crippen LogP contribution in [0.1, 0.15) is 25.3 Å². The van der Waals surface area contributed by atoms with E-state index in [0.29, 0.717) is 5.92 Å². The van der Waals surface area contributed by atoms with Gasteiger partial charge in [0.2, 0.25) is 0 Å². The van der Waals surface area contributed by atoms with Gasteiger partial charge in [-0.15, -0.1) is 11.3 Å². The van der Waals surface area contributed by atoms with Crippen LogP contribution in [0.5, 0.6) is 0 Å². The second-order valence-electron chi connectivity index (χ2n) is 4.33. The highest BCUT2D eigenvalue weighted by Crippen LogP contribution is 2.36. The standard InChI is InChI=1S/C14H13NS/c1-9(2)10-5-3-7-12-13(10)11-6-4-8-15-14(11)16-12/h3-9H,1-2H3. The second-order valence-corrected chi connectivity index (χ2v) is 5.36. The van der Waals surface area contributed by atoms with Crippen LogP contribution in [0.4, 0.5) is 0 Å². The van der Waals surface area contributed by atoms with Crippen molar-refractivity contribution < 1.29 is 0 Å². The number of benzene rings is 1. The summed E-state index contributed by atoms with van der Waals surface area (Å²) in [4.78, 5) is 5.58. The van der Waals surface area contributed by atoms with Crippen LogP contribution in [0.25, 0.3) is 20.3 Å². The lowest BCUT2D eigenvalue weighted by Gasteiger charge is -2.07. The molecule has 0 spiro atoms. The number of pyridine rings is 1. The smallest absolute Gasteiger partial charge is 0.124 e. The van der Waals surface area contributed by atoms with E-state index >= 15 is 0 Å². The molecule has 16 heavy (non-hydrogen) atoms. The normalized spacial score (nSPS) is 11.7. The Labute approximate surface area is 98.7 Å². The molecular weight excluding hydrogens is 214 g/mol. The third-order valence-corrected chi connectivity index (χ3v) is 4.01. The summed E-state index contributed by atoms with van der Waals surface area (Å²) >= 11 is 1.78. The molecule has 0 unspecified atom stereocenters. The van der Waals surface area contributed by atoms with Crippen LogP contribution in [0, 0.1) is 0 Å². The maximum atomic E-state index is 4.44. The molecule has 0 fully saturated rings. The largest absolute Gasteiger partial charge is 0.245 e. The van der Waals surface area contributed by atoms with Gasteiger partial charge < -0.3 is 0 Å². The first-order valence-corrected chi connectivity index (χ1v) is 6.35. The van der Waals surface area contributed by atoms with E-state index in [1.54, 1.807) is 11.3 Å². The molecule has 0 aliphatic heterocycles. The summed E-state index contributed by atoms with van der Waals surface area (Å²) in [7, 11) is 0. The van der Waals surface area contributed by atoms with Crippen molar-refractivity contribution in [2.75, 3.05) is 0 Å². The van der Waals surface area contributed by atoms with Crippen LogP contribution in [0.15, 0.2) is 36.5 Å². The molecule has 0 bridgehead atoms. The van der Waals surface area contributed by atoms with Crippen LogP contribution in [-0.4, -0.2) is 4.98 Å². The van der Waals surface area contributed by atoms with Gasteiger partial charge in [-0.25, -0.2) is 4.98 Å². The van der Waals surface area contributed by atoms with Crippen molar-refractivity contribution in [3.63, 3.8) is 0 Å². The van der Waals surface area contributed by atoms with Crippen LogP contribution in [0.2, 0.25) is 0 Å². The lowest BCUT2D eigenvalue weighted by molar-refractivity contribution is 0.877. The minimum absolute atomic E-state index is 0.557. The van der Waals surface area contributed by atoms with Gasteiger partial charge in [0.05, 0.1) is 0 Å². The first-order chi connectivity index (χ1) is 7.77. The molecule has 2 heteroatoms. The fourth-order valence-electron chi connectivity index (χ4n) is 2.17. The molecule has 3 rings (SSSR count). The van der Waals surface area contributed by atoms with Gasteiger partial charge in [-0.2, -0.15) is 0 Å². The quantitative estimate of drug-likeness (QED) is 0.593. The van der Waals surface area contributed by atoms with Crippen molar-refractivity contribution in [1.82, 2.24) is 4.98 Å². The molecule has 3 aromatic rings. The Morgan fingerprint density at radius 3 is 2.81 bits per heavy atom. The average Bonchev–Trinajstić information content (AvgIpc) is 2.66. The highest BCUT2D eigenvalue weighted by molar-refractivity contribution is 7.25. The van der Waals surface area contributed by atoms with E-state index < -0.39 is 0 Å². The van der Waals surface area contributed by atoms with E-state index in [4.69, 9.17) is 0 Å². The minimum atomic E-state index is 0.557. The number of nitrogens with zero attached hydrogens (tertiary/aromatic N) is 1. The molecule has 1 nitrogen and oxygen atoms in total. The Kier molecular flexibility index (Phi) is 2.18. The predicted octanol–water partition coefficient (Wildman–Crippen LogP) is 4.57. The minimum Gasteiger partial charge on any atom is -0.245 e. The third-order valence-electron chi connectivity index (χ3n) is 2.93. The van der Waals surface area contributed by atoms with Gasteiger partial charge in [0.25, 0.3) is 0 Å². The summed E-state index contributed by atoms with van der Waals surface area (Å²) in [6.45, 7) is 4.49. The van der Waals surface area contributed by atoms with Gasteiger partial charge in [0.15, 0.2) is 0 Å². The fraction of sp³-hybridized carbons (Fsp3) is 0.214. The topological polar surface area (TPSA) is 12.9 Å². The third kappa shape index (κ3) is 1.34. The summed E-state index contributed by atoms with van der Waals surface area (Å²) in [6, 6.07) is 10.8. The molecule has 1 aromatic carbocycles. The van der Waals surface area contributed by atoms with E-state index in [1.807, 2.05) is 12.3 Å². The number of fused-ring (bicyclic) bond motifs is 3. The molecular formula is C14H13NS. The zero-order valence-electron chi connectivity index (χ0n) is 9.40. The number of hydrogen-bond donors (Lipinski definition) is 0. The molecule has 2 aromatic heterocycles. The average molecular weight is 227 g/mol. The van der Waals surface area contributed by atoms with E-state index in [0.717, 1.165) is 4.83 Å². The molecule has 0 radical (unpaired) electrons. The number of hydrogen-bond acceptors (Lipinski definition) is 2. The van der Waals surface area contributed by atoms with Crippen molar-refractivity contribution in [2.24, 2.45) is 0 Å². The van der Waals surface area contributed by atoms with Gasteiger partial charge in [-0.05, 0) is 29.7 Å². The van der Waals surface area contributed by atoms with Gasteiger partial charge in [0, 0.05) is 21.7 Å². The predicted molar refractivity (Wildman–Crippen MR) is 71.2 cm³/mol. The molecule has 0 N–H and O–H groups in total. The van der Waals surface area contributed by atoms with E-state index in [1.165, 1.54) is 21.0 Å². The number of aromatic nitrogens is 1.